The fourth-order valence-corrected chi connectivity index (χ4v) is 0. The average molecular weight is 177 g/mol. The van der Waals surface area contributed by atoms with E-state index in [0.717, 1.165) is 0 Å². The molecular formula is C3H10AlBrMg. The molecule has 0 spiro atoms. The third kappa shape index (κ3) is 41.7. The quantitative estimate of drug-likeness (QED) is 0.268. The molecule has 0 saturated heterocycles. The van der Waals surface area contributed by atoms with Gasteiger partial charge in [0.1, 0.15) is 0 Å². The van der Waals surface area contributed by atoms with Crippen LogP contribution in [0.4, 0.5) is 0 Å². The normalized spacial score (nSPS) is 3.00. The van der Waals surface area contributed by atoms with Gasteiger partial charge in [-0.25, -0.2) is 0 Å². The molecule has 0 aliphatic carbocycles. The average Bonchev–Trinajstić information content (AvgIpc) is 0.918. The molecule has 0 bridgehead atoms. The van der Waals surface area contributed by atoms with Gasteiger partial charge in [-0.1, -0.05) is 0 Å². The number of rotatable bonds is 0. The van der Waals surface area contributed by atoms with Crippen molar-refractivity contribution in [2.24, 2.45) is 0 Å². The van der Waals surface area contributed by atoms with Gasteiger partial charge in [0.2, 0.25) is 0 Å². The third-order valence-electron chi connectivity index (χ3n) is 0. The maximum absolute atomic E-state index is 2.00. The molecule has 0 aliphatic heterocycles. The molecule has 34 valence electrons. The zero-order valence-electron chi connectivity index (χ0n) is 3.66. The van der Waals surface area contributed by atoms with Crippen LogP contribution in [0.3, 0.4) is 0 Å². The minimum atomic E-state index is 0. The SMILES string of the molecule is C[CH-]C.[AlH3].[Br-].[Mg+2]. The summed E-state index contributed by atoms with van der Waals surface area (Å²) in [5.41, 5.74) is 0. The Labute approximate surface area is 77.1 Å². The minimum Gasteiger partial charge on any atom is -1.00 e. The Kier molecular flexibility index (Phi) is 122. The molecule has 0 aliphatic rings. The van der Waals surface area contributed by atoms with Crippen molar-refractivity contribution < 1.29 is 17.0 Å². The van der Waals surface area contributed by atoms with Crippen molar-refractivity contribution in [2.75, 3.05) is 0 Å². The van der Waals surface area contributed by atoms with Crippen molar-refractivity contribution in [3.63, 3.8) is 0 Å². The van der Waals surface area contributed by atoms with Crippen LogP contribution in [-0.2, 0) is 0 Å². The van der Waals surface area contributed by atoms with Crippen molar-refractivity contribution in [1.82, 2.24) is 0 Å². The summed E-state index contributed by atoms with van der Waals surface area (Å²) < 4.78 is 0. The summed E-state index contributed by atoms with van der Waals surface area (Å²) in [6, 6.07) is 0. The summed E-state index contributed by atoms with van der Waals surface area (Å²) in [6.45, 7) is 4.00. The first-order chi connectivity index (χ1) is 1.41. The molecule has 0 aromatic rings. The van der Waals surface area contributed by atoms with E-state index in [1.54, 1.807) is 0 Å². The van der Waals surface area contributed by atoms with E-state index >= 15 is 0 Å². The Morgan fingerprint density at radius 3 is 1.17 bits per heavy atom. The molecular weight excluding hydrogens is 167 g/mol. The summed E-state index contributed by atoms with van der Waals surface area (Å²) in [6.07, 6.45) is 2.00. The Balaban J connectivity index is -0.00000000667. The second-order valence-electron chi connectivity index (χ2n) is 0.577. The third-order valence-corrected chi connectivity index (χ3v) is 0. The summed E-state index contributed by atoms with van der Waals surface area (Å²) in [4.78, 5) is 0. The predicted octanol–water partition coefficient (Wildman–Crippen LogP) is -3.33. The second-order valence-corrected chi connectivity index (χ2v) is 0.577. The molecule has 3 heteroatoms. The second kappa shape index (κ2) is 29.3. The van der Waals surface area contributed by atoms with Crippen LogP contribution in [0.2, 0.25) is 0 Å². The summed E-state index contributed by atoms with van der Waals surface area (Å²) in [7, 11) is 0. The molecule has 0 radical (unpaired) electrons. The van der Waals surface area contributed by atoms with E-state index in [0.29, 0.717) is 0 Å². The van der Waals surface area contributed by atoms with Gasteiger partial charge in [0.05, 0.1) is 0 Å². The monoisotopic (exact) mass is 176 g/mol. The predicted molar refractivity (Wildman–Crippen MR) is 31.3 cm³/mol. The maximum atomic E-state index is 2.00. The van der Waals surface area contributed by atoms with Crippen molar-refractivity contribution >= 4 is 40.4 Å². The van der Waals surface area contributed by atoms with Crippen LogP contribution >= 0.6 is 0 Å². The molecule has 6 heavy (non-hydrogen) atoms. The van der Waals surface area contributed by atoms with E-state index in [1.807, 2.05) is 20.3 Å². The maximum Gasteiger partial charge on any atom is 2.00 e. The molecule has 0 unspecified atom stereocenters. The van der Waals surface area contributed by atoms with Gasteiger partial charge >= 0.3 is 23.1 Å². The van der Waals surface area contributed by atoms with Gasteiger partial charge < -0.3 is 23.4 Å². The van der Waals surface area contributed by atoms with Gasteiger partial charge in [-0.15, -0.1) is 0 Å². The van der Waals surface area contributed by atoms with E-state index < -0.39 is 0 Å². The topological polar surface area (TPSA) is 0 Å². The molecule has 0 heterocycles. The van der Waals surface area contributed by atoms with Gasteiger partial charge in [0.25, 0.3) is 0 Å². The fraction of sp³-hybridized carbons (Fsp3) is 0.667. The number of halogens is 1. The fourth-order valence-electron chi connectivity index (χ4n) is 0. The van der Waals surface area contributed by atoms with Crippen molar-refractivity contribution in [2.45, 2.75) is 13.8 Å². The van der Waals surface area contributed by atoms with Gasteiger partial charge in [-0.2, -0.15) is 13.8 Å². The molecule has 0 amide bonds. The van der Waals surface area contributed by atoms with Gasteiger partial charge in [0, 0.05) is 0 Å². The number of hydrogen-bond acceptors (Lipinski definition) is 0. The van der Waals surface area contributed by atoms with E-state index in [4.69, 9.17) is 0 Å². The molecule has 0 fully saturated rings. The molecule has 0 rings (SSSR count). The molecule has 0 saturated carbocycles. The van der Waals surface area contributed by atoms with Crippen molar-refractivity contribution in [3.8, 4) is 0 Å². The first-order valence-electron chi connectivity index (χ1n) is 1.15. The molecule has 0 atom stereocenters. The molecule has 0 aromatic heterocycles. The standard InChI is InChI=1S/C3H7.Al.BrH.Mg.3H/c1-3-2;;;;;;/h3H,1-2H3;;1H;;;;/q-1;;;+2;;;/p-1. The largest absolute Gasteiger partial charge is 2.00 e. The van der Waals surface area contributed by atoms with Gasteiger partial charge in [-0.3, -0.25) is 0 Å². The Bertz CT molecular complexity index is 10.8. The zero-order valence-corrected chi connectivity index (χ0v) is 6.66. The minimum absolute atomic E-state index is 0. The summed E-state index contributed by atoms with van der Waals surface area (Å²) in [5, 5.41) is 0. The zero-order chi connectivity index (χ0) is 2.71. The van der Waals surface area contributed by atoms with Crippen LogP contribution in [0.25, 0.3) is 0 Å². The van der Waals surface area contributed by atoms with E-state index in [2.05, 4.69) is 0 Å². The molecule has 0 aromatic carbocycles. The smallest absolute Gasteiger partial charge is 1.00 e. The van der Waals surface area contributed by atoms with Crippen LogP contribution < -0.4 is 17.0 Å². The van der Waals surface area contributed by atoms with Crippen LogP contribution in [0.15, 0.2) is 0 Å². The van der Waals surface area contributed by atoms with E-state index in [1.165, 1.54) is 0 Å². The Morgan fingerprint density at radius 1 is 1.17 bits per heavy atom. The Hall–Kier alpha value is 1.78. The molecule has 0 N–H and O–H groups in total. The van der Waals surface area contributed by atoms with Gasteiger partial charge in [-0.05, 0) is 0 Å². The number of hydrogen-bond donors (Lipinski definition) is 0. The molecule has 0 nitrogen and oxygen atoms in total. The summed E-state index contributed by atoms with van der Waals surface area (Å²) in [5.74, 6) is 0. The van der Waals surface area contributed by atoms with E-state index in [9.17, 15) is 0 Å². The van der Waals surface area contributed by atoms with E-state index in [-0.39, 0.29) is 57.4 Å². The first kappa shape index (κ1) is 25.0. The summed E-state index contributed by atoms with van der Waals surface area (Å²) >= 11 is 0. The van der Waals surface area contributed by atoms with Crippen LogP contribution in [0, 0.1) is 6.42 Å². The van der Waals surface area contributed by atoms with Crippen LogP contribution in [0.5, 0.6) is 0 Å². The first-order valence-corrected chi connectivity index (χ1v) is 1.15. The van der Waals surface area contributed by atoms with Gasteiger partial charge in [0.15, 0.2) is 17.4 Å². The van der Waals surface area contributed by atoms with Crippen LogP contribution in [0.1, 0.15) is 13.8 Å². The van der Waals surface area contributed by atoms with Crippen molar-refractivity contribution in [3.05, 3.63) is 6.42 Å². The Morgan fingerprint density at radius 2 is 1.17 bits per heavy atom. The van der Waals surface area contributed by atoms with Crippen LogP contribution in [-0.4, -0.2) is 40.4 Å². The van der Waals surface area contributed by atoms with Crippen molar-refractivity contribution in [1.29, 1.82) is 0 Å².